The van der Waals surface area contributed by atoms with Gasteiger partial charge in [-0.1, -0.05) is 0 Å². The predicted molar refractivity (Wildman–Crippen MR) is 33.7 cm³/mol. The molecule has 0 spiro atoms. The van der Waals surface area contributed by atoms with Crippen LogP contribution in [0.3, 0.4) is 0 Å². The summed E-state index contributed by atoms with van der Waals surface area (Å²) in [6.07, 6.45) is 0. The summed E-state index contributed by atoms with van der Waals surface area (Å²) in [5.74, 6) is 0. The number of nitrogens with zero attached hydrogens (tertiary/aromatic N) is 1. The van der Waals surface area contributed by atoms with E-state index in [2.05, 4.69) is 0 Å². The maximum absolute atomic E-state index is 2.00. The lowest BCUT2D eigenvalue weighted by Crippen LogP contribution is -1.99. The molecule has 0 fully saturated rings. The van der Waals surface area contributed by atoms with E-state index < -0.39 is 0 Å². The molecule has 0 aliphatic rings. The first kappa shape index (κ1) is 16.1. The fourth-order valence-electron chi connectivity index (χ4n) is 0. The van der Waals surface area contributed by atoms with E-state index in [1.54, 1.807) is 0 Å². The normalized spacial score (nSPS) is 6.00. The van der Waals surface area contributed by atoms with Gasteiger partial charge in [0, 0.05) is 0 Å². The van der Waals surface area contributed by atoms with Gasteiger partial charge in [-0.3, -0.25) is 0 Å². The molecule has 0 aromatic heterocycles. The molecule has 3 heteroatoms. The van der Waals surface area contributed by atoms with Gasteiger partial charge in [0.15, 0.2) is 0 Å². The molecule has 0 heterocycles. The lowest BCUT2D eigenvalue weighted by Gasteiger charge is -1.90. The van der Waals surface area contributed by atoms with Gasteiger partial charge in [0.1, 0.15) is 0 Å². The summed E-state index contributed by atoms with van der Waals surface area (Å²) in [4.78, 5) is 2.00. The molecular formula is C3H15ClNSi+. The van der Waals surface area contributed by atoms with Gasteiger partial charge in [0.2, 0.25) is 0 Å². The SMILES string of the molecule is CN(C)C.[ClH2+].[SiH4]. The van der Waals surface area contributed by atoms with Crippen molar-refractivity contribution in [2.24, 2.45) is 0 Å². The van der Waals surface area contributed by atoms with Crippen molar-refractivity contribution in [1.29, 1.82) is 0 Å². The summed E-state index contributed by atoms with van der Waals surface area (Å²) < 4.78 is 0. The van der Waals surface area contributed by atoms with Crippen LogP contribution < -0.4 is 0 Å². The lowest BCUT2D eigenvalue weighted by atomic mass is 11.0. The third-order valence-corrected chi connectivity index (χ3v) is 0. The van der Waals surface area contributed by atoms with E-state index in [1.165, 1.54) is 0 Å². The molecule has 6 heavy (non-hydrogen) atoms. The van der Waals surface area contributed by atoms with E-state index in [0.717, 1.165) is 0 Å². The topological polar surface area (TPSA) is 3.24 Å². The number of hydrogen-bond donors (Lipinski definition) is 0. The second kappa shape index (κ2) is 9.08. The summed E-state index contributed by atoms with van der Waals surface area (Å²) >= 11 is 0. The maximum atomic E-state index is 2.00. The lowest BCUT2D eigenvalue weighted by molar-refractivity contribution is -0.00000127. The average Bonchev–Trinajstić information content (AvgIpc) is 0.811. The van der Waals surface area contributed by atoms with Crippen LogP contribution >= 0.6 is 0 Å². The number of halogens is 1. The van der Waals surface area contributed by atoms with Crippen LogP contribution in [0, 0.1) is 12.4 Å². The van der Waals surface area contributed by atoms with Gasteiger partial charge in [-0.15, -0.1) is 0 Å². The van der Waals surface area contributed by atoms with Crippen molar-refractivity contribution < 1.29 is 12.4 Å². The first-order valence-electron chi connectivity index (χ1n) is 1.34. The van der Waals surface area contributed by atoms with Gasteiger partial charge in [-0.25, -0.2) is 0 Å². The van der Waals surface area contributed by atoms with E-state index in [9.17, 15) is 0 Å². The minimum Gasteiger partial charge on any atom is -0.312 e. The van der Waals surface area contributed by atoms with Gasteiger partial charge in [0.05, 0.1) is 12.4 Å². The molecular weight excluding hydrogens is 114 g/mol. The van der Waals surface area contributed by atoms with Gasteiger partial charge in [-0.05, 0) is 32.1 Å². The molecule has 0 bridgehead atoms. The first-order valence-corrected chi connectivity index (χ1v) is 1.34. The third kappa shape index (κ3) is 246. The Morgan fingerprint density at radius 2 is 1.00 bits per heavy atom. The van der Waals surface area contributed by atoms with E-state index in [4.69, 9.17) is 0 Å². The van der Waals surface area contributed by atoms with Gasteiger partial charge in [0.25, 0.3) is 0 Å². The summed E-state index contributed by atoms with van der Waals surface area (Å²) in [6, 6.07) is 0. The van der Waals surface area contributed by atoms with Gasteiger partial charge in [-0.2, -0.15) is 0 Å². The molecule has 42 valence electrons. The Morgan fingerprint density at radius 1 is 1.00 bits per heavy atom. The highest BCUT2D eigenvalue weighted by molar-refractivity contribution is 5.75. The quantitative estimate of drug-likeness (QED) is 0.348. The fraction of sp³-hybridized carbons (Fsp3) is 1.00. The van der Waals surface area contributed by atoms with Crippen molar-refractivity contribution in [3.05, 3.63) is 0 Å². The van der Waals surface area contributed by atoms with Crippen molar-refractivity contribution in [2.45, 2.75) is 0 Å². The third-order valence-electron chi connectivity index (χ3n) is 0. The van der Waals surface area contributed by atoms with Crippen molar-refractivity contribution >= 4 is 11.0 Å². The number of hydrogen-bond acceptors (Lipinski definition) is 1. The second-order valence-corrected chi connectivity index (χ2v) is 1.34. The van der Waals surface area contributed by atoms with Crippen LogP contribution in [0.15, 0.2) is 0 Å². The molecule has 0 rings (SSSR count). The van der Waals surface area contributed by atoms with Crippen molar-refractivity contribution in [2.75, 3.05) is 21.1 Å². The molecule has 0 aliphatic heterocycles. The van der Waals surface area contributed by atoms with Crippen LogP contribution in [-0.4, -0.2) is 37.0 Å². The molecule has 0 aromatic rings. The Hall–Kier alpha value is 0.467. The second-order valence-electron chi connectivity index (χ2n) is 1.34. The Labute approximate surface area is 50.2 Å². The molecule has 0 aromatic carbocycles. The first-order chi connectivity index (χ1) is 1.73. The summed E-state index contributed by atoms with van der Waals surface area (Å²) in [6.45, 7) is 0. The fourth-order valence-corrected chi connectivity index (χ4v) is 0. The van der Waals surface area contributed by atoms with Crippen molar-refractivity contribution in [1.82, 2.24) is 4.90 Å². The molecule has 1 nitrogen and oxygen atoms in total. The van der Waals surface area contributed by atoms with E-state index in [0.29, 0.717) is 0 Å². The van der Waals surface area contributed by atoms with E-state index >= 15 is 0 Å². The zero-order valence-corrected chi connectivity index (χ0v) is 4.79. The highest BCUT2D eigenvalue weighted by Gasteiger charge is 1.58. The molecule has 0 atom stereocenters. The highest BCUT2D eigenvalue weighted by atomic mass is 35.5. The van der Waals surface area contributed by atoms with Crippen LogP contribution in [-0.2, 0) is 0 Å². The predicted octanol–water partition coefficient (Wildman–Crippen LogP) is -1.81. The molecule has 0 N–H and O–H groups in total. The van der Waals surface area contributed by atoms with E-state index in [1.807, 2.05) is 26.0 Å². The van der Waals surface area contributed by atoms with Crippen LogP contribution in [0.25, 0.3) is 0 Å². The van der Waals surface area contributed by atoms with Crippen LogP contribution in [0.5, 0.6) is 0 Å². The summed E-state index contributed by atoms with van der Waals surface area (Å²) in [7, 11) is 6.00. The largest absolute Gasteiger partial charge is 0.312 e. The molecule has 0 saturated heterocycles. The molecule has 0 unspecified atom stereocenters. The summed E-state index contributed by atoms with van der Waals surface area (Å²) in [5, 5.41) is 0. The Morgan fingerprint density at radius 3 is 1.00 bits per heavy atom. The summed E-state index contributed by atoms with van der Waals surface area (Å²) in [5.41, 5.74) is 0. The molecule has 0 radical (unpaired) electrons. The van der Waals surface area contributed by atoms with Crippen LogP contribution in [0.1, 0.15) is 0 Å². The Bertz CT molecular complexity index is 15.5. The van der Waals surface area contributed by atoms with E-state index in [-0.39, 0.29) is 23.4 Å². The monoisotopic (exact) mass is 128 g/mol. The number of rotatable bonds is 0. The minimum atomic E-state index is 0. The van der Waals surface area contributed by atoms with Crippen LogP contribution in [0.2, 0.25) is 0 Å². The molecule has 0 amide bonds. The van der Waals surface area contributed by atoms with Crippen molar-refractivity contribution in [3.8, 4) is 0 Å². The van der Waals surface area contributed by atoms with Crippen LogP contribution in [0.4, 0.5) is 0 Å². The highest BCUT2D eigenvalue weighted by Crippen LogP contribution is 1.47. The van der Waals surface area contributed by atoms with Gasteiger partial charge >= 0.3 is 0 Å². The smallest absolute Gasteiger partial charge is 0.0903 e. The zero-order valence-electron chi connectivity index (χ0n) is 3.89. The minimum absolute atomic E-state index is 0. The van der Waals surface area contributed by atoms with Crippen molar-refractivity contribution in [3.63, 3.8) is 0 Å². The molecule has 0 aliphatic carbocycles. The Kier molecular flexibility index (Phi) is 24.3. The zero-order chi connectivity index (χ0) is 3.58. The van der Waals surface area contributed by atoms with Gasteiger partial charge < -0.3 is 4.90 Å². The average molecular weight is 129 g/mol. The standard InChI is InChI=1S/C3H9N.ClH2.H4Si/c1-4(2)3;;/h1-3H3;1H2;1H4/q;+1;. The molecule has 0 saturated carbocycles. The maximum Gasteiger partial charge on any atom is 0.0903 e. The Balaban J connectivity index is -0.0000000450.